The highest BCUT2D eigenvalue weighted by Crippen LogP contribution is 2.27. The number of unbranched alkanes of at least 4 members (excludes halogenated alkanes) is 14. The summed E-state index contributed by atoms with van der Waals surface area (Å²) in [7, 11) is 0. The zero-order valence-corrected chi connectivity index (χ0v) is 50.9. The maximum Gasteiger partial charge on any atom is 0.306 e. The average Bonchev–Trinajstić information content (AvgIpc) is 3.67. The van der Waals surface area contributed by atoms with Crippen LogP contribution in [0.25, 0.3) is 0 Å². The first kappa shape index (κ1) is 75.2. The summed E-state index contributed by atoms with van der Waals surface area (Å²) in [5, 5.41) is 72.5. The Hall–Kier alpha value is -3.87. The molecule has 2 saturated heterocycles. The van der Waals surface area contributed by atoms with Crippen molar-refractivity contribution in [2.75, 3.05) is 33.0 Å². The lowest BCUT2D eigenvalue weighted by molar-refractivity contribution is -0.332. The Morgan fingerprint density at radius 1 is 0.398 bits per heavy atom. The van der Waals surface area contributed by atoms with E-state index in [0.29, 0.717) is 13.0 Å². The molecule has 2 aliphatic heterocycles. The molecule has 2 aliphatic rings. The molecular formula is C69H112O14. The standard InChI is InChI=1S/C69H112O14/c1-3-5-7-9-11-13-15-17-19-21-23-25-27-29-30-32-34-36-38-40-42-44-46-48-50-52-61(71)81-58(56-79-68-67(77)65(75)63(73)60(83-68)57-80-69-66(76)64(74)62(72)59(54-70)82-69)55-78-53-51-49-47-45-43-41-39-37-35-33-31-28-26-24-22-20-18-16-14-12-10-8-6-4-2/h5-8,11-14,17-20,23-26,31,33,37,39,43,45,58-60,62-70,72-77H,3-4,9-10,15-16,21-22,27-30,32,34-36,38,40-42,44,46-57H2,1-2H3/b7-5-,8-6-,13-11-,14-12-,19-17-,20-18-,25-23-,26-24-,33-31-,39-37-,45-43-. The maximum atomic E-state index is 13.1. The molecule has 0 bridgehead atoms. The topological polar surface area (TPSA) is 214 Å². The summed E-state index contributed by atoms with van der Waals surface area (Å²) in [6, 6.07) is 0. The summed E-state index contributed by atoms with van der Waals surface area (Å²) in [4.78, 5) is 13.1. The van der Waals surface area contributed by atoms with Crippen LogP contribution in [0.1, 0.15) is 194 Å². The first-order chi connectivity index (χ1) is 40.6. The lowest BCUT2D eigenvalue weighted by Gasteiger charge is -2.42. The van der Waals surface area contributed by atoms with Crippen LogP contribution in [0.15, 0.2) is 134 Å². The molecule has 11 atom stereocenters. The minimum Gasteiger partial charge on any atom is -0.457 e. The molecule has 2 rings (SSSR count). The minimum absolute atomic E-state index is 0.0218. The Morgan fingerprint density at radius 2 is 0.747 bits per heavy atom. The first-order valence-corrected chi connectivity index (χ1v) is 31.8. The van der Waals surface area contributed by atoms with Crippen LogP contribution in [0.4, 0.5) is 0 Å². The number of carbonyl (C=O) groups excluding carboxylic acids is 1. The molecule has 0 amide bonds. The van der Waals surface area contributed by atoms with Gasteiger partial charge in [0.05, 0.1) is 26.4 Å². The van der Waals surface area contributed by atoms with E-state index in [1.807, 2.05) is 0 Å². The number of esters is 1. The van der Waals surface area contributed by atoms with Crippen molar-refractivity contribution in [2.45, 2.75) is 261 Å². The molecule has 0 aliphatic carbocycles. The zero-order valence-electron chi connectivity index (χ0n) is 50.9. The van der Waals surface area contributed by atoms with E-state index < -0.39 is 86.7 Å². The molecule has 0 aromatic heterocycles. The lowest BCUT2D eigenvalue weighted by Crippen LogP contribution is -2.61. The molecular weight excluding hydrogens is 1050 g/mol. The van der Waals surface area contributed by atoms with Crippen molar-refractivity contribution in [3.05, 3.63) is 134 Å². The summed E-state index contributed by atoms with van der Waals surface area (Å²) in [5.74, 6) is -0.399. The van der Waals surface area contributed by atoms with Crippen molar-refractivity contribution in [3.8, 4) is 0 Å². The average molecular weight is 1170 g/mol. The predicted octanol–water partition coefficient (Wildman–Crippen LogP) is 12.6. The smallest absolute Gasteiger partial charge is 0.306 e. The number of carbonyl (C=O) groups is 1. The molecule has 14 heteroatoms. The van der Waals surface area contributed by atoms with Gasteiger partial charge in [-0.1, -0.05) is 212 Å². The van der Waals surface area contributed by atoms with Crippen molar-refractivity contribution in [1.29, 1.82) is 0 Å². The zero-order chi connectivity index (χ0) is 60.1. The van der Waals surface area contributed by atoms with Gasteiger partial charge in [0.2, 0.25) is 0 Å². The summed E-state index contributed by atoms with van der Waals surface area (Å²) in [6.07, 6.45) is 60.9. The second-order valence-corrected chi connectivity index (χ2v) is 21.5. The third-order valence-corrected chi connectivity index (χ3v) is 14.2. The molecule has 0 radical (unpaired) electrons. The fraction of sp³-hybridized carbons (Fsp3) is 0.667. The quantitative estimate of drug-likeness (QED) is 0.0172. The number of rotatable bonds is 50. The molecule has 83 heavy (non-hydrogen) atoms. The minimum atomic E-state index is -1.73. The summed E-state index contributed by atoms with van der Waals surface area (Å²) < 4.78 is 34.4. The number of aliphatic hydroxyl groups is 7. The van der Waals surface area contributed by atoms with Crippen LogP contribution < -0.4 is 0 Å². The van der Waals surface area contributed by atoms with Gasteiger partial charge in [0, 0.05) is 13.0 Å². The summed E-state index contributed by atoms with van der Waals surface area (Å²) >= 11 is 0. The largest absolute Gasteiger partial charge is 0.457 e. The fourth-order valence-corrected chi connectivity index (χ4v) is 9.14. The van der Waals surface area contributed by atoms with Gasteiger partial charge in [-0.3, -0.25) is 4.79 Å². The molecule has 0 aromatic rings. The number of ether oxygens (including phenoxy) is 6. The van der Waals surface area contributed by atoms with Crippen LogP contribution in [0.3, 0.4) is 0 Å². The molecule has 11 unspecified atom stereocenters. The van der Waals surface area contributed by atoms with Crippen molar-refractivity contribution in [3.63, 3.8) is 0 Å². The number of hydrogen-bond acceptors (Lipinski definition) is 14. The summed E-state index contributed by atoms with van der Waals surface area (Å²) in [6.45, 7) is 3.33. The Bertz CT molecular complexity index is 1880. The van der Waals surface area contributed by atoms with Crippen molar-refractivity contribution in [1.82, 2.24) is 0 Å². The first-order valence-electron chi connectivity index (χ1n) is 31.8. The molecule has 2 fully saturated rings. The van der Waals surface area contributed by atoms with E-state index in [0.717, 1.165) is 116 Å². The molecule has 0 aromatic carbocycles. The van der Waals surface area contributed by atoms with Crippen molar-refractivity contribution < 1.29 is 69.0 Å². The van der Waals surface area contributed by atoms with E-state index >= 15 is 0 Å². The highest BCUT2D eigenvalue weighted by molar-refractivity contribution is 5.69. The highest BCUT2D eigenvalue weighted by atomic mass is 16.7. The Kier molecular flexibility index (Phi) is 48.6. The molecule has 14 nitrogen and oxygen atoms in total. The highest BCUT2D eigenvalue weighted by Gasteiger charge is 2.47. The van der Waals surface area contributed by atoms with Crippen LogP contribution >= 0.6 is 0 Å². The van der Waals surface area contributed by atoms with Gasteiger partial charge in [-0.2, -0.15) is 0 Å². The van der Waals surface area contributed by atoms with Crippen LogP contribution in [-0.4, -0.2) is 142 Å². The van der Waals surface area contributed by atoms with E-state index in [1.165, 1.54) is 51.4 Å². The monoisotopic (exact) mass is 1160 g/mol. The van der Waals surface area contributed by atoms with E-state index in [9.17, 15) is 40.5 Å². The third-order valence-electron chi connectivity index (χ3n) is 14.2. The third kappa shape index (κ3) is 39.5. The Morgan fingerprint density at radius 3 is 1.17 bits per heavy atom. The lowest BCUT2D eigenvalue weighted by atomic mass is 9.98. The van der Waals surface area contributed by atoms with Crippen LogP contribution in [-0.2, 0) is 33.2 Å². The van der Waals surface area contributed by atoms with Gasteiger partial charge in [-0.15, -0.1) is 0 Å². The molecule has 2 heterocycles. The van der Waals surface area contributed by atoms with Gasteiger partial charge in [-0.05, 0) is 109 Å². The number of hydrogen-bond donors (Lipinski definition) is 7. The van der Waals surface area contributed by atoms with Gasteiger partial charge in [-0.25, -0.2) is 0 Å². The number of aliphatic hydroxyl groups excluding tert-OH is 7. The second-order valence-electron chi connectivity index (χ2n) is 21.5. The van der Waals surface area contributed by atoms with Gasteiger partial charge in [0.25, 0.3) is 0 Å². The van der Waals surface area contributed by atoms with Crippen LogP contribution in [0.2, 0.25) is 0 Å². The summed E-state index contributed by atoms with van der Waals surface area (Å²) in [5.41, 5.74) is 0. The van der Waals surface area contributed by atoms with E-state index in [-0.39, 0.29) is 19.6 Å². The molecule has 7 N–H and O–H groups in total. The molecule has 0 saturated carbocycles. The van der Waals surface area contributed by atoms with Gasteiger partial charge >= 0.3 is 5.97 Å². The maximum absolute atomic E-state index is 13.1. The van der Waals surface area contributed by atoms with Crippen LogP contribution in [0, 0.1) is 0 Å². The van der Waals surface area contributed by atoms with Crippen LogP contribution in [0.5, 0.6) is 0 Å². The van der Waals surface area contributed by atoms with E-state index in [1.54, 1.807) is 0 Å². The Balaban J connectivity index is 1.71. The van der Waals surface area contributed by atoms with E-state index in [4.69, 9.17) is 28.4 Å². The molecule has 0 spiro atoms. The normalized spacial score (nSPS) is 24.3. The van der Waals surface area contributed by atoms with Crippen molar-refractivity contribution in [2.24, 2.45) is 0 Å². The second kappa shape index (κ2) is 53.6. The predicted molar refractivity (Wildman–Crippen MR) is 334 cm³/mol. The van der Waals surface area contributed by atoms with E-state index in [2.05, 4.69) is 148 Å². The molecule has 472 valence electrons. The fourth-order valence-electron chi connectivity index (χ4n) is 9.14. The number of allylic oxidation sites excluding steroid dienone is 22. The van der Waals surface area contributed by atoms with Crippen molar-refractivity contribution >= 4 is 5.97 Å². The van der Waals surface area contributed by atoms with Gasteiger partial charge < -0.3 is 64.2 Å². The SMILES string of the molecule is CC/C=C\C/C=C\C/C=C\C/C=C\C/C=C\C/C=C\C/C=C\CCCCOCC(COC1OC(COC2OC(CO)C(O)C(O)C2O)C(O)C(O)C1O)OC(=O)CCCCCCCCCCCCCC/C=C\C/C=C\C/C=C\C/C=C\CC. The van der Waals surface area contributed by atoms with Gasteiger partial charge in [0.15, 0.2) is 12.6 Å². The Labute approximate surface area is 500 Å². The van der Waals surface area contributed by atoms with Gasteiger partial charge in [0.1, 0.15) is 54.9 Å².